The van der Waals surface area contributed by atoms with Crippen molar-refractivity contribution in [2.24, 2.45) is 0 Å². The van der Waals surface area contributed by atoms with Gasteiger partial charge in [0.25, 0.3) is 0 Å². The molecule has 92 valence electrons. The number of rotatable bonds is 4. The highest BCUT2D eigenvalue weighted by molar-refractivity contribution is 14.1. The second-order valence-corrected chi connectivity index (χ2v) is 5.63. The lowest BCUT2D eigenvalue weighted by molar-refractivity contribution is 0.174. The van der Waals surface area contributed by atoms with Gasteiger partial charge in [0.2, 0.25) is 0 Å². The van der Waals surface area contributed by atoms with Crippen molar-refractivity contribution in [3.05, 3.63) is 46.1 Å². The maximum atomic E-state index is 3.90. The van der Waals surface area contributed by atoms with Crippen molar-refractivity contribution in [3.8, 4) is 0 Å². The predicted molar refractivity (Wildman–Crippen MR) is 81.2 cm³/mol. The molecule has 0 unspecified atom stereocenters. The molecule has 1 aromatic carbocycles. The van der Waals surface area contributed by atoms with Gasteiger partial charge in [0.05, 0.1) is 0 Å². The lowest BCUT2D eigenvalue weighted by Gasteiger charge is -2.34. The standard InChI is InChI=1S/C14H19IN2/c1-2-4-14(17-9-7-16-8-10-17)12-5-3-6-13(15)11-12/h2-3,5-6,11,14,16H,1,4,7-10H2/t14-/m0/s1. The van der Waals surface area contributed by atoms with Crippen LogP contribution in [-0.4, -0.2) is 31.1 Å². The third-order valence-electron chi connectivity index (χ3n) is 3.22. The zero-order valence-corrected chi connectivity index (χ0v) is 12.2. The van der Waals surface area contributed by atoms with Crippen LogP contribution in [0.1, 0.15) is 18.0 Å². The number of benzene rings is 1. The Labute approximate surface area is 117 Å². The second kappa shape index (κ2) is 6.52. The Balaban J connectivity index is 2.18. The fourth-order valence-corrected chi connectivity index (χ4v) is 2.93. The van der Waals surface area contributed by atoms with Crippen LogP contribution in [0.25, 0.3) is 0 Å². The average molecular weight is 342 g/mol. The maximum absolute atomic E-state index is 3.90. The van der Waals surface area contributed by atoms with Crippen LogP contribution in [0.5, 0.6) is 0 Å². The summed E-state index contributed by atoms with van der Waals surface area (Å²) in [6.45, 7) is 8.35. The summed E-state index contributed by atoms with van der Waals surface area (Å²) in [5.74, 6) is 0. The molecule has 0 saturated carbocycles. The van der Waals surface area contributed by atoms with Crippen LogP contribution in [0.2, 0.25) is 0 Å². The minimum Gasteiger partial charge on any atom is -0.314 e. The van der Waals surface area contributed by atoms with E-state index < -0.39 is 0 Å². The molecule has 3 heteroatoms. The fraction of sp³-hybridized carbons (Fsp3) is 0.429. The lowest BCUT2D eigenvalue weighted by atomic mass is 10.0. The van der Waals surface area contributed by atoms with Crippen molar-refractivity contribution < 1.29 is 0 Å². The summed E-state index contributed by atoms with van der Waals surface area (Å²) in [7, 11) is 0. The van der Waals surface area contributed by atoms with Crippen LogP contribution in [0.3, 0.4) is 0 Å². The number of nitrogens with zero attached hydrogens (tertiary/aromatic N) is 1. The molecular weight excluding hydrogens is 323 g/mol. The van der Waals surface area contributed by atoms with E-state index in [-0.39, 0.29) is 0 Å². The fourth-order valence-electron chi connectivity index (χ4n) is 2.36. The third kappa shape index (κ3) is 3.53. The molecule has 1 heterocycles. The SMILES string of the molecule is C=CC[C@@H](c1cccc(I)c1)N1CCNCC1. The number of piperazine rings is 1. The van der Waals surface area contributed by atoms with Crippen molar-refractivity contribution in [3.63, 3.8) is 0 Å². The van der Waals surface area contributed by atoms with Crippen molar-refractivity contribution in [1.82, 2.24) is 10.2 Å². The molecule has 0 amide bonds. The van der Waals surface area contributed by atoms with E-state index in [0.717, 1.165) is 32.6 Å². The molecule has 0 radical (unpaired) electrons. The van der Waals surface area contributed by atoms with E-state index in [9.17, 15) is 0 Å². The molecule has 1 N–H and O–H groups in total. The highest BCUT2D eigenvalue weighted by atomic mass is 127. The minimum atomic E-state index is 0.490. The number of halogens is 1. The van der Waals surface area contributed by atoms with Crippen molar-refractivity contribution in [2.45, 2.75) is 12.5 Å². The summed E-state index contributed by atoms with van der Waals surface area (Å²) >= 11 is 2.38. The predicted octanol–water partition coefficient (Wildman–Crippen LogP) is 2.81. The van der Waals surface area contributed by atoms with Crippen LogP contribution < -0.4 is 5.32 Å². The Kier molecular flexibility index (Phi) is 5.00. The molecule has 2 rings (SSSR count). The van der Waals surface area contributed by atoms with E-state index in [1.54, 1.807) is 0 Å². The Morgan fingerprint density at radius 2 is 2.18 bits per heavy atom. The zero-order chi connectivity index (χ0) is 12.1. The van der Waals surface area contributed by atoms with E-state index in [2.05, 4.69) is 63.7 Å². The van der Waals surface area contributed by atoms with Gasteiger partial charge in [-0.15, -0.1) is 6.58 Å². The summed E-state index contributed by atoms with van der Waals surface area (Å²) in [6, 6.07) is 9.31. The Hall–Kier alpha value is -0.390. The summed E-state index contributed by atoms with van der Waals surface area (Å²) in [5.41, 5.74) is 1.42. The lowest BCUT2D eigenvalue weighted by Crippen LogP contribution is -2.45. The first kappa shape index (κ1) is 13.1. The summed E-state index contributed by atoms with van der Waals surface area (Å²) in [4.78, 5) is 2.56. The molecule has 1 fully saturated rings. The Bertz CT molecular complexity index is 372. The number of nitrogens with one attached hydrogen (secondary N) is 1. The summed E-state index contributed by atoms with van der Waals surface area (Å²) in [6.07, 6.45) is 3.06. The molecule has 2 nitrogen and oxygen atoms in total. The van der Waals surface area contributed by atoms with Gasteiger partial charge in [0, 0.05) is 35.8 Å². The van der Waals surface area contributed by atoms with E-state index in [0.29, 0.717) is 6.04 Å². The Morgan fingerprint density at radius 1 is 1.41 bits per heavy atom. The largest absolute Gasteiger partial charge is 0.314 e. The van der Waals surface area contributed by atoms with Gasteiger partial charge in [0.15, 0.2) is 0 Å². The highest BCUT2D eigenvalue weighted by Crippen LogP contribution is 2.26. The maximum Gasteiger partial charge on any atom is 0.0383 e. The van der Waals surface area contributed by atoms with Gasteiger partial charge in [-0.25, -0.2) is 0 Å². The van der Waals surface area contributed by atoms with Crippen LogP contribution in [0.4, 0.5) is 0 Å². The third-order valence-corrected chi connectivity index (χ3v) is 3.89. The van der Waals surface area contributed by atoms with Crippen LogP contribution in [0.15, 0.2) is 36.9 Å². The Morgan fingerprint density at radius 3 is 2.82 bits per heavy atom. The van der Waals surface area contributed by atoms with Gasteiger partial charge in [-0.2, -0.15) is 0 Å². The first-order valence-electron chi connectivity index (χ1n) is 6.12. The van der Waals surface area contributed by atoms with E-state index in [1.807, 2.05) is 6.08 Å². The van der Waals surface area contributed by atoms with Crippen molar-refractivity contribution >= 4 is 22.6 Å². The smallest absolute Gasteiger partial charge is 0.0383 e. The second-order valence-electron chi connectivity index (χ2n) is 4.38. The molecule has 1 aliphatic heterocycles. The van der Waals surface area contributed by atoms with Gasteiger partial charge in [-0.3, -0.25) is 4.90 Å². The van der Waals surface area contributed by atoms with Gasteiger partial charge >= 0.3 is 0 Å². The topological polar surface area (TPSA) is 15.3 Å². The molecular formula is C14H19IN2. The molecule has 0 aliphatic carbocycles. The molecule has 1 atom stereocenters. The molecule has 0 aromatic heterocycles. The molecule has 0 bridgehead atoms. The van der Waals surface area contributed by atoms with Crippen molar-refractivity contribution in [1.29, 1.82) is 0 Å². The van der Waals surface area contributed by atoms with Crippen molar-refractivity contribution in [2.75, 3.05) is 26.2 Å². The number of hydrogen-bond acceptors (Lipinski definition) is 2. The molecule has 1 aromatic rings. The highest BCUT2D eigenvalue weighted by Gasteiger charge is 2.20. The molecule has 1 aliphatic rings. The van der Waals surface area contributed by atoms with Crippen LogP contribution >= 0.6 is 22.6 Å². The first-order valence-corrected chi connectivity index (χ1v) is 7.20. The zero-order valence-electron chi connectivity index (χ0n) is 10.0. The van der Waals surface area contributed by atoms with E-state index in [1.165, 1.54) is 9.13 Å². The van der Waals surface area contributed by atoms with Gasteiger partial charge in [0.1, 0.15) is 0 Å². The summed E-state index contributed by atoms with van der Waals surface area (Å²) in [5, 5.41) is 3.41. The molecule has 17 heavy (non-hydrogen) atoms. The van der Waals surface area contributed by atoms with E-state index in [4.69, 9.17) is 0 Å². The van der Waals surface area contributed by atoms with Crippen LogP contribution in [-0.2, 0) is 0 Å². The quantitative estimate of drug-likeness (QED) is 0.669. The van der Waals surface area contributed by atoms with E-state index >= 15 is 0 Å². The van der Waals surface area contributed by atoms with Gasteiger partial charge in [-0.1, -0.05) is 18.2 Å². The normalized spacial score (nSPS) is 18.9. The monoisotopic (exact) mass is 342 g/mol. The van der Waals surface area contributed by atoms with Crippen LogP contribution in [0, 0.1) is 3.57 Å². The number of hydrogen-bond donors (Lipinski definition) is 1. The van der Waals surface area contributed by atoms with Gasteiger partial charge in [-0.05, 0) is 46.7 Å². The first-order chi connectivity index (χ1) is 8.31. The summed E-state index contributed by atoms with van der Waals surface area (Å²) < 4.78 is 1.31. The molecule has 1 saturated heterocycles. The van der Waals surface area contributed by atoms with Gasteiger partial charge < -0.3 is 5.32 Å². The minimum absolute atomic E-state index is 0.490. The average Bonchev–Trinajstić information content (AvgIpc) is 2.37. The molecule has 0 spiro atoms.